The van der Waals surface area contributed by atoms with Crippen LogP contribution in [-0.4, -0.2) is 37.4 Å². The molecular weight excluding hydrogens is 220 g/mol. The zero-order valence-electron chi connectivity index (χ0n) is 9.55. The van der Waals surface area contributed by atoms with Gasteiger partial charge in [0, 0.05) is 25.5 Å². The molecule has 0 spiro atoms. The van der Waals surface area contributed by atoms with Crippen molar-refractivity contribution in [2.24, 2.45) is 0 Å². The number of nitrogens with zero attached hydrogens (tertiary/aromatic N) is 4. The van der Waals surface area contributed by atoms with Crippen molar-refractivity contribution in [2.45, 2.75) is 19.9 Å². The number of hydrogen-bond acceptors (Lipinski definition) is 4. The molecule has 2 N–H and O–H groups in total. The summed E-state index contributed by atoms with van der Waals surface area (Å²) in [5.74, 6) is 0.558. The van der Waals surface area contributed by atoms with Gasteiger partial charge in [-0.1, -0.05) is 0 Å². The summed E-state index contributed by atoms with van der Waals surface area (Å²) in [5, 5.41) is 13.2. The van der Waals surface area contributed by atoms with Crippen molar-refractivity contribution in [3.05, 3.63) is 30.1 Å². The van der Waals surface area contributed by atoms with Gasteiger partial charge in [0.1, 0.15) is 5.82 Å². The van der Waals surface area contributed by atoms with Crippen LogP contribution in [0.3, 0.4) is 0 Å². The molecule has 2 heterocycles. The predicted octanol–water partition coefficient (Wildman–Crippen LogP) is 0.130. The van der Waals surface area contributed by atoms with Gasteiger partial charge in [0.05, 0.1) is 0 Å². The molecule has 2 rings (SSSR count). The molecule has 90 valence electrons. The van der Waals surface area contributed by atoms with Crippen molar-refractivity contribution < 1.29 is 4.79 Å². The zero-order chi connectivity index (χ0) is 12.1. The third-order valence-corrected chi connectivity index (χ3v) is 2.21. The van der Waals surface area contributed by atoms with Crippen LogP contribution in [0.25, 0.3) is 0 Å². The molecule has 0 aromatic carbocycles. The van der Waals surface area contributed by atoms with Gasteiger partial charge in [-0.2, -0.15) is 5.10 Å². The number of aryl methyl sites for hydroxylation is 2. The fourth-order valence-corrected chi connectivity index (χ4v) is 1.40. The highest BCUT2D eigenvalue weighted by atomic mass is 16.2. The minimum absolute atomic E-state index is 0.182. The Morgan fingerprint density at radius 3 is 3.12 bits per heavy atom. The van der Waals surface area contributed by atoms with Crippen LogP contribution in [-0.2, 0) is 6.54 Å². The smallest absolute Gasteiger partial charge is 0.290 e. The van der Waals surface area contributed by atoms with Crippen molar-refractivity contribution in [1.29, 1.82) is 0 Å². The van der Waals surface area contributed by atoms with E-state index in [2.05, 4.69) is 25.6 Å². The van der Waals surface area contributed by atoms with Crippen LogP contribution in [0.4, 0.5) is 0 Å². The van der Waals surface area contributed by atoms with E-state index in [0.29, 0.717) is 12.4 Å². The average Bonchev–Trinajstić information content (AvgIpc) is 2.95. The first-order valence-corrected chi connectivity index (χ1v) is 5.40. The Hall–Kier alpha value is -2.18. The number of aromatic nitrogens is 5. The van der Waals surface area contributed by atoms with E-state index < -0.39 is 0 Å². The number of aromatic amines is 1. The summed E-state index contributed by atoms with van der Waals surface area (Å²) in [7, 11) is 0. The minimum Gasteiger partial charge on any atom is -0.349 e. The van der Waals surface area contributed by atoms with Gasteiger partial charge < -0.3 is 5.32 Å². The molecule has 0 aliphatic rings. The lowest BCUT2D eigenvalue weighted by Crippen LogP contribution is -2.26. The highest BCUT2D eigenvalue weighted by Crippen LogP contribution is 1.92. The van der Waals surface area contributed by atoms with E-state index in [-0.39, 0.29) is 11.7 Å². The molecule has 0 bridgehead atoms. The van der Waals surface area contributed by atoms with E-state index in [1.165, 1.54) is 0 Å². The zero-order valence-corrected chi connectivity index (χ0v) is 9.55. The molecule has 1 amide bonds. The largest absolute Gasteiger partial charge is 0.349 e. The second-order valence-corrected chi connectivity index (χ2v) is 3.62. The number of amides is 1. The van der Waals surface area contributed by atoms with Crippen molar-refractivity contribution in [2.75, 3.05) is 6.54 Å². The van der Waals surface area contributed by atoms with E-state index in [1.807, 2.05) is 16.9 Å². The van der Waals surface area contributed by atoms with Gasteiger partial charge in [-0.05, 0) is 19.4 Å². The summed E-state index contributed by atoms with van der Waals surface area (Å²) >= 11 is 0. The Morgan fingerprint density at radius 1 is 1.59 bits per heavy atom. The normalized spacial score (nSPS) is 10.4. The molecule has 7 nitrogen and oxygen atoms in total. The average molecular weight is 234 g/mol. The van der Waals surface area contributed by atoms with Crippen LogP contribution in [0.15, 0.2) is 18.5 Å². The molecule has 0 aliphatic carbocycles. The quantitative estimate of drug-likeness (QED) is 0.720. The number of nitrogens with one attached hydrogen (secondary N) is 2. The standard InChI is InChI=1S/C10H14N6O/c1-8-13-9(15-14-8)10(17)11-4-2-6-16-7-3-5-12-16/h3,5,7H,2,4,6H2,1H3,(H,11,17)(H,13,14,15). The van der Waals surface area contributed by atoms with Crippen LogP contribution in [0.1, 0.15) is 22.9 Å². The summed E-state index contributed by atoms with van der Waals surface area (Å²) in [6, 6.07) is 1.87. The summed E-state index contributed by atoms with van der Waals surface area (Å²) < 4.78 is 1.82. The number of H-pyrrole nitrogens is 1. The van der Waals surface area contributed by atoms with E-state index in [1.54, 1.807) is 13.1 Å². The molecule has 0 saturated carbocycles. The lowest BCUT2D eigenvalue weighted by atomic mass is 10.4. The first kappa shape index (κ1) is 11.3. The Kier molecular flexibility index (Phi) is 3.49. The van der Waals surface area contributed by atoms with Gasteiger partial charge in [-0.25, -0.2) is 4.98 Å². The van der Waals surface area contributed by atoms with E-state index >= 15 is 0 Å². The lowest BCUT2D eigenvalue weighted by Gasteiger charge is -2.02. The number of rotatable bonds is 5. The van der Waals surface area contributed by atoms with Crippen molar-refractivity contribution in [3.8, 4) is 0 Å². The molecule has 0 aliphatic heterocycles. The Morgan fingerprint density at radius 2 is 2.47 bits per heavy atom. The van der Waals surface area contributed by atoms with Gasteiger partial charge in [-0.3, -0.25) is 14.6 Å². The van der Waals surface area contributed by atoms with Gasteiger partial charge in [-0.15, -0.1) is 5.10 Å². The van der Waals surface area contributed by atoms with Gasteiger partial charge in [0.2, 0.25) is 5.82 Å². The number of carbonyl (C=O) groups is 1. The van der Waals surface area contributed by atoms with Crippen LogP contribution in [0.2, 0.25) is 0 Å². The highest BCUT2D eigenvalue weighted by molar-refractivity contribution is 5.90. The third-order valence-electron chi connectivity index (χ3n) is 2.21. The van der Waals surface area contributed by atoms with E-state index in [0.717, 1.165) is 13.0 Å². The molecule has 0 radical (unpaired) electrons. The summed E-state index contributed by atoms with van der Waals surface area (Å²) in [6.45, 7) is 3.11. The lowest BCUT2D eigenvalue weighted by molar-refractivity contribution is 0.0942. The molecular formula is C10H14N6O. The van der Waals surface area contributed by atoms with Crippen LogP contribution >= 0.6 is 0 Å². The van der Waals surface area contributed by atoms with Crippen molar-refractivity contribution in [3.63, 3.8) is 0 Å². The van der Waals surface area contributed by atoms with Gasteiger partial charge >= 0.3 is 0 Å². The maximum atomic E-state index is 11.5. The first-order chi connectivity index (χ1) is 8.25. The molecule has 17 heavy (non-hydrogen) atoms. The summed E-state index contributed by atoms with van der Waals surface area (Å²) in [5.41, 5.74) is 0. The van der Waals surface area contributed by atoms with Crippen molar-refractivity contribution >= 4 is 5.91 Å². The van der Waals surface area contributed by atoms with Crippen molar-refractivity contribution in [1.82, 2.24) is 30.3 Å². The molecule has 0 fully saturated rings. The SMILES string of the molecule is Cc1nc(C(=O)NCCCn2cccn2)n[nH]1. The molecule has 7 heteroatoms. The Balaban J connectivity index is 1.70. The molecule has 0 saturated heterocycles. The van der Waals surface area contributed by atoms with Gasteiger partial charge in [0.15, 0.2) is 0 Å². The number of carbonyl (C=O) groups excluding carboxylic acids is 1. The van der Waals surface area contributed by atoms with Crippen LogP contribution < -0.4 is 5.32 Å². The third kappa shape index (κ3) is 3.13. The predicted molar refractivity (Wildman–Crippen MR) is 60.3 cm³/mol. The van der Waals surface area contributed by atoms with Gasteiger partial charge in [0.25, 0.3) is 5.91 Å². The molecule has 0 atom stereocenters. The molecule has 2 aromatic heterocycles. The Bertz CT molecular complexity index is 475. The minimum atomic E-state index is -0.255. The first-order valence-electron chi connectivity index (χ1n) is 5.40. The van der Waals surface area contributed by atoms with Crippen LogP contribution in [0.5, 0.6) is 0 Å². The Labute approximate surface area is 98.2 Å². The van der Waals surface area contributed by atoms with E-state index in [4.69, 9.17) is 0 Å². The summed E-state index contributed by atoms with van der Waals surface area (Å²) in [4.78, 5) is 15.5. The topological polar surface area (TPSA) is 88.5 Å². The fraction of sp³-hybridized carbons (Fsp3) is 0.400. The second-order valence-electron chi connectivity index (χ2n) is 3.62. The maximum absolute atomic E-state index is 11.5. The monoisotopic (exact) mass is 234 g/mol. The highest BCUT2D eigenvalue weighted by Gasteiger charge is 2.09. The summed E-state index contributed by atoms with van der Waals surface area (Å²) in [6.07, 6.45) is 4.44. The molecule has 0 unspecified atom stereocenters. The second kappa shape index (κ2) is 5.24. The fourth-order valence-electron chi connectivity index (χ4n) is 1.40. The van der Waals surface area contributed by atoms with Crippen LogP contribution in [0, 0.1) is 6.92 Å². The van der Waals surface area contributed by atoms with E-state index in [9.17, 15) is 4.79 Å². The maximum Gasteiger partial charge on any atom is 0.290 e. The molecule has 2 aromatic rings. The number of hydrogen-bond donors (Lipinski definition) is 2.